The van der Waals surface area contributed by atoms with E-state index in [9.17, 15) is 4.79 Å². The van der Waals surface area contributed by atoms with Crippen molar-refractivity contribution < 1.29 is 9.90 Å². The fourth-order valence-electron chi connectivity index (χ4n) is 1.43. The molecule has 2 rings (SSSR count). The molecule has 0 atom stereocenters. The molecule has 1 aromatic carbocycles. The van der Waals surface area contributed by atoms with Gasteiger partial charge in [0.05, 0.1) is 12.0 Å². The Morgan fingerprint density at radius 1 is 1.31 bits per heavy atom. The number of aromatic nitrogens is 2. The summed E-state index contributed by atoms with van der Waals surface area (Å²) in [5, 5.41) is 8.83. The number of imidazole rings is 1. The molecule has 0 radical (unpaired) electrons. The van der Waals surface area contributed by atoms with Crippen LogP contribution in [0, 0.1) is 0 Å². The highest BCUT2D eigenvalue weighted by Gasteiger charge is 2.05. The average molecular weight is 214 g/mol. The summed E-state index contributed by atoms with van der Waals surface area (Å²) >= 11 is 0. The molecular weight excluding hydrogens is 204 g/mol. The van der Waals surface area contributed by atoms with Crippen molar-refractivity contribution in [2.24, 2.45) is 0 Å². The second kappa shape index (κ2) is 4.44. The molecule has 16 heavy (non-hydrogen) atoms. The number of aliphatic carboxylic acids is 1. The van der Waals surface area contributed by atoms with Crippen molar-refractivity contribution in [2.75, 3.05) is 0 Å². The first-order valence-electron chi connectivity index (χ1n) is 4.76. The molecule has 0 bridgehead atoms. The average Bonchev–Trinajstić information content (AvgIpc) is 2.80. The lowest BCUT2D eigenvalue weighted by Gasteiger charge is -2.07. The van der Waals surface area contributed by atoms with Gasteiger partial charge in [0, 0.05) is 18.5 Å². The Labute approximate surface area is 92.5 Å². The van der Waals surface area contributed by atoms with Crippen molar-refractivity contribution in [3.05, 3.63) is 60.7 Å². The molecule has 0 unspecified atom stereocenters. The van der Waals surface area contributed by atoms with Gasteiger partial charge in [0.1, 0.15) is 0 Å². The molecule has 2 aromatic rings. The lowest BCUT2D eigenvalue weighted by molar-refractivity contribution is -0.131. The van der Waals surface area contributed by atoms with Gasteiger partial charge < -0.3 is 9.67 Å². The third-order valence-electron chi connectivity index (χ3n) is 2.11. The smallest absolute Gasteiger partial charge is 0.330 e. The number of carboxylic acids is 1. The first-order chi connectivity index (χ1) is 7.77. The van der Waals surface area contributed by atoms with Crippen LogP contribution in [0.3, 0.4) is 0 Å². The van der Waals surface area contributed by atoms with Crippen molar-refractivity contribution in [1.29, 1.82) is 0 Å². The summed E-state index contributed by atoms with van der Waals surface area (Å²) < 4.78 is 1.67. The van der Waals surface area contributed by atoms with Gasteiger partial charge in [-0.1, -0.05) is 30.3 Å². The topological polar surface area (TPSA) is 55.1 Å². The Balaban J connectivity index is 2.49. The van der Waals surface area contributed by atoms with Gasteiger partial charge in [-0.15, -0.1) is 0 Å². The van der Waals surface area contributed by atoms with Gasteiger partial charge in [0.2, 0.25) is 0 Å². The van der Waals surface area contributed by atoms with E-state index in [1.165, 1.54) is 0 Å². The minimum atomic E-state index is -0.979. The van der Waals surface area contributed by atoms with E-state index in [1.54, 1.807) is 23.3 Å². The monoisotopic (exact) mass is 214 g/mol. The van der Waals surface area contributed by atoms with E-state index in [1.807, 2.05) is 30.3 Å². The van der Waals surface area contributed by atoms with Crippen molar-refractivity contribution in [3.8, 4) is 0 Å². The standard InChI is InChI=1S/C12H10N2O2/c15-12(16)8-11(14-7-6-13-9-14)10-4-2-1-3-5-10/h1-9H,(H,15,16)/b11-8-. The van der Waals surface area contributed by atoms with E-state index in [-0.39, 0.29) is 0 Å². The minimum Gasteiger partial charge on any atom is -0.478 e. The molecule has 80 valence electrons. The molecular formula is C12H10N2O2. The van der Waals surface area contributed by atoms with Crippen LogP contribution in [-0.2, 0) is 4.79 Å². The summed E-state index contributed by atoms with van der Waals surface area (Å²) in [4.78, 5) is 14.7. The van der Waals surface area contributed by atoms with Crippen molar-refractivity contribution in [3.63, 3.8) is 0 Å². The molecule has 1 heterocycles. The highest BCUT2D eigenvalue weighted by molar-refractivity contribution is 5.89. The number of carboxylic acid groups (broad SMARTS) is 1. The van der Waals surface area contributed by atoms with Gasteiger partial charge in [-0.05, 0) is 5.56 Å². The zero-order valence-electron chi connectivity index (χ0n) is 8.45. The summed E-state index contributed by atoms with van der Waals surface area (Å²) in [6.45, 7) is 0. The van der Waals surface area contributed by atoms with E-state index >= 15 is 0 Å². The quantitative estimate of drug-likeness (QED) is 0.793. The van der Waals surface area contributed by atoms with E-state index in [2.05, 4.69) is 4.98 Å². The van der Waals surface area contributed by atoms with Gasteiger partial charge in [-0.3, -0.25) is 0 Å². The molecule has 0 amide bonds. The van der Waals surface area contributed by atoms with E-state index in [0.29, 0.717) is 5.70 Å². The summed E-state index contributed by atoms with van der Waals surface area (Å²) in [5.41, 5.74) is 1.42. The zero-order chi connectivity index (χ0) is 11.4. The van der Waals surface area contributed by atoms with Gasteiger partial charge in [-0.25, -0.2) is 9.78 Å². The Kier molecular flexibility index (Phi) is 2.82. The minimum absolute atomic E-state index is 0.589. The molecule has 0 aliphatic rings. The number of rotatable bonds is 3. The normalized spacial score (nSPS) is 11.4. The molecule has 4 heteroatoms. The maximum absolute atomic E-state index is 10.8. The fraction of sp³-hybridized carbons (Fsp3) is 0. The number of nitrogens with zero attached hydrogens (tertiary/aromatic N) is 2. The Bertz CT molecular complexity index is 501. The predicted octanol–water partition coefficient (Wildman–Crippen LogP) is 1.86. The van der Waals surface area contributed by atoms with Gasteiger partial charge in [0.25, 0.3) is 0 Å². The highest BCUT2D eigenvalue weighted by Crippen LogP contribution is 2.15. The molecule has 1 aromatic heterocycles. The molecule has 0 saturated carbocycles. The predicted molar refractivity (Wildman–Crippen MR) is 59.7 cm³/mol. The van der Waals surface area contributed by atoms with Crippen LogP contribution in [0.25, 0.3) is 5.70 Å². The SMILES string of the molecule is O=C(O)/C=C(/c1ccccc1)n1ccnc1. The molecule has 0 saturated heterocycles. The third-order valence-corrected chi connectivity index (χ3v) is 2.11. The first-order valence-corrected chi connectivity index (χ1v) is 4.76. The van der Waals surface area contributed by atoms with E-state index in [4.69, 9.17) is 5.11 Å². The van der Waals surface area contributed by atoms with Crippen molar-refractivity contribution >= 4 is 11.7 Å². The van der Waals surface area contributed by atoms with Gasteiger partial charge in [0.15, 0.2) is 0 Å². The fourth-order valence-corrected chi connectivity index (χ4v) is 1.43. The Hall–Kier alpha value is -2.36. The van der Waals surface area contributed by atoms with Crippen molar-refractivity contribution in [2.45, 2.75) is 0 Å². The second-order valence-corrected chi connectivity index (χ2v) is 3.20. The largest absolute Gasteiger partial charge is 0.478 e. The highest BCUT2D eigenvalue weighted by atomic mass is 16.4. The summed E-state index contributed by atoms with van der Waals surface area (Å²) in [7, 11) is 0. The van der Waals surface area contributed by atoms with Crippen LogP contribution in [0.1, 0.15) is 5.56 Å². The molecule has 0 spiro atoms. The van der Waals surface area contributed by atoms with Crippen LogP contribution in [0.2, 0.25) is 0 Å². The second-order valence-electron chi connectivity index (χ2n) is 3.20. The summed E-state index contributed by atoms with van der Waals surface area (Å²) in [6.07, 6.45) is 6.05. The van der Waals surface area contributed by atoms with Crippen LogP contribution >= 0.6 is 0 Å². The van der Waals surface area contributed by atoms with Crippen LogP contribution in [0.15, 0.2) is 55.1 Å². The maximum Gasteiger partial charge on any atom is 0.330 e. The van der Waals surface area contributed by atoms with Gasteiger partial charge >= 0.3 is 5.97 Å². The Morgan fingerprint density at radius 2 is 2.06 bits per heavy atom. The molecule has 0 aliphatic carbocycles. The maximum atomic E-state index is 10.8. The lowest BCUT2D eigenvalue weighted by Crippen LogP contribution is -2.00. The lowest BCUT2D eigenvalue weighted by atomic mass is 10.1. The van der Waals surface area contributed by atoms with E-state index in [0.717, 1.165) is 11.6 Å². The van der Waals surface area contributed by atoms with Crippen LogP contribution in [-0.4, -0.2) is 20.6 Å². The van der Waals surface area contributed by atoms with Crippen LogP contribution in [0.5, 0.6) is 0 Å². The van der Waals surface area contributed by atoms with Crippen molar-refractivity contribution in [1.82, 2.24) is 9.55 Å². The van der Waals surface area contributed by atoms with E-state index < -0.39 is 5.97 Å². The molecule has 0 aliphatic heterocycles. The molecule has 1 N–H and O–H groups in total. The molecule has 4 nitrogen and oxygen atoms in total. The van der Waals surface area contributed by atoms with Crippen LogP contribution in [0.4, 0.5) is 0 Å². The first kappa shape index (κ1) is 10.2. The summed E-state index contributed by atoms with van der Waals surface area (Å²) in [6, 6.07) is 9.32. The number of benzene rings is 1. The third kappa shape index (κ3) is 2.17. The van der Waals surface area contributed by atoms with Gasteiger partial charge in [-0.2, -0.15) is 0 Å². The summed E-state index contributed by atoms with van der Waals surface area (Å²) in [5.74, 6) is -0.979. The Morgan fingerprint density at radius 3 is 2.62 bits per heavy atom. The molecule has 0 fully saturated rings. The number of carbonyl (C=O) groups is 1. The van der Waals surface area contributed by atoms with Crippen LogP contribution < -0.4 is 0 Å². The number of hydrogen-bond donors (Lipinski definition) is 1. The zero-order valence-corrected chi connectivity index (χ0v) is 8.45. The number of hydrogen-bond acceptors (Lipinski definition) is 2.